The van der Waals surface area contributed by atoms with Gasteiger partial charge in [-0.3, -0.25) is 10.7 Å². The first kappa shape index (κ1) is 16.9. The van der Waals surface area contributed by atoms with Crippen molar-refractivity contribution in [3.05, 3.63) is 25.1 Å². The van der Waals surface area contributed by atoms with Gasteiger partial charge in [0.1, 0.15) is 29.8 Å². The summed E-state index contributed by atoms with van der Waals surface area (Å²) in [6, 6.07) is 0. The topological polar surface area (TPSA) is 159 Å². The maximum atomic E-state index is 10.8. The van der Waals surface area contributed by atoms with E-state index < -0.39 is 30.6 Å². The highest BCUT2D eigenvalue weighted by Crippen LogP contribution is 2.42. The molecule has 0 aromatic carbocycles. The third-order valence-corrected chi connectivity index (χ3v) is 4.60. The van der Waals surface area contributed by atoms with E-state index in [1.807, 2.05) is 5.48 Å². The summed E-state index contributed by atoms with van der Waals surface area (Å²) in [5.74, 6) is 0.508. The van der Waals surface area contributed by atoms with Crippen molar-refractivity contribution in [3.63, 3.8) is 0 Å². The number of hydrogen-bond acceptors (Lipinski definition) is 10. The molecule has 1 aliphatic heterocycles. The Morgan fingerprint density at radius 1 is 1.38 bits per heavy atom. The number of aliphatic hydroxyl groups is 3. The van der Waals surface area contributed by atoms with E-state index in [2.05, 4.69) is 15.0 Å². The SMILES string of the molecule is C[C@@]1(O)C(n2cc(-c3cnco3)c3c(NO)ncnc32)OC(CO)[C@H]1O. The van der Waals surface area contributed by atoms with Crippen molar-refractivity contribution in [1.82, 2.24) is 19.5 Å². The summed E-state index contributed by atoms with van der Waals surface area (Å²) in [5, 5.41) is 40.2. The van der Waals surface area contributed by atoms with Crippen LogP contribution in [-0.4, -0.2) is 64.5 Å². The van der Waals surface area contributed by atoms with E-state index in [9.17, 15) is 20.5 Å². The zero-order valence-electron chi connectivity index (χ0n) is 13.6. The third-order valence-electron chi connectivity index (χ3n) is 4.60. The fourth-order valence-electron chi connectivity index (χ4n) is 3.27. The molecule has 0 spiro atoms. The minimum atomic E-state index is -1.70. The molecule has 3 aromatic rings. The number of anilines is 1. The number of nitrogens with zero attached hydrogens (tertiary/aromatic N) is 4. The van der Waals surface area contributed by atoms with Crippen LogP contribution in [0.4, 0.5) is 5.82 Å². The van der Waals surface area contributed by atoms with Gasteiger partial charge in [0.15, 0.2) is 24.2 Å². The summed E-state index contributed by atoms with van der Waals surface area (Å²) >= 11 is 0. The Hall–Kier alpha value is -2.57. The van der Waals surface area contributed by atoms with Gasteiger partial charge in [-0.15, -0.1) is 0 Å². The first-order valence-corrected chi connectivity index (χ1v) is 7.80. The number of rotatable bonds is 4. The van der Waals surface area contributed by atoms with Crippen LogP contribution in [0.2, 0.25) is 0 Å². The van der Waals surface area contributed by atoms with Gasteiger partial charge in [0.05, 0.1) is 23.8 Å². The maximum Gasteiger partial charge on any atom is 0.181 e. The number of fused-ring (bicyclic) bond motifs is 1. The number of ether oxygens (including phenoxy) is 1. The first-order chi connectivity index (χ1) is 12.5. The molecular weight excluding hydrogens is 346 g/mol. The second kappa shape index (κ2) is 6.00. The molecule has 5 N–H and O–H groups in total. The van der Waals surface area contributed by atoms with Gasteiger partial charge in [0.2, 0.25) is 0 Å². The van der Waals surface area contributed by atoms with Gasteiger partial charge in [-0.2, -0.15) is 0 Å². The summed E-state index contributed by atoms with van der Waals surface area (Å²) < 4.78 is 12.5. The molecule has 138 valence electrons. The van der Waals surface area contributed by atoms with Crippen molar-refractivity contribution in [2.45, 2.75) is 31.0 Å². The van der Waals surface area contributed by atoms with E-state index in [0.717, 1.165) is 0 Å². The fourth-order valence-corrected chi connectivity index (χ4v) is 3.27. The average molecular weight is 363 g/mol. The number of aromatic nitrogens is 4. The first-order valence-electron chi connectivity index (χ1n) is 7.80. The van der Waals surface area contributed by atoms with Gasteiger partial charge in [0.25, 0.3) is 0 Å². The molecule has 1 fully saturated rings. The molecular formula is C15H17N5O6. The lowest BCUT2D eigenvalue weighted by atomic mass is 9.96. The van der Waals surface area contributed by atoms with Crippen LogP contribution < -0.4 is 5.48 Å². The van der Waals surface area contributed by atoms with Gasteiger partial charge >= 0.3 is 0 Å². The third kappa shape index (κ3) is 2.29. The smallest absolute Gasteiger partial charge is 0.181 e. The highest BCUT2D eigenvalue weighted by atomic mass is 16.6. The Morgan fingerprint density at radius 3 is 2.81 bits per heavy atom. The normalized spacial score (nSPS) is 28.7. The molecule has 26 heavy (non-hydrogen) atoms. The lowest BCUT2D eigenvalue weighted by molar-refractivity contribution is -0.0948. The van der Waals surface area contributed by atoms with Crippen molar-refractivity contribution in [2.24, 2.45) is 0 Å². The quantitative estimate of drug-likeness (QED) is 0.396. The van der Waals surface area contributed by atoms with E-state index >= 15 is 0 Å². The van der Waals surface area contributed by atoms with Crippen LogP contribution in [0.15, 0.2) is 29.5 Å². The van der Waals surface area contributed by atoms with Gasteiger partial charge in [-0.1, -0.05) is 0 Å². The van der Waals surface area contributed by atoms with Crippen molar-refractivity contribution in [1.29, 1.82) is 0 Å². The predicted molar refractivity (Wildman–Crippen MR) is 86.1 cm³/mol. The zero-order chi connectivity index (χ0) is 18.5. The van der Waals surface area contributed by atoms with Gasteiger partial charge in [-0.25, -0.2) is 15.0 Å². The van der Waals surface area contributed by atoms with E-state index in [0.29, 0.717) is 22.4 Å². The largest absolute Gasteiger partial charge is 0.443 e. The van der Waals surface area contributed by atoms with Crippen LogP contribution >= 0.6 is 0 Å². The van der Waals surface area contributed by atoms with Crippen LogP contribution in [-0.2, 0) is 4.74 Å². The molecule has 1 saturated heterocycles. The van der Waals surface area contributed by atoms with E-state index in [4.69, 9.17) is 9.15 Å². The number of hydrogen-bond donors (Lipinski definition) is 5. The molecule has 11 nitrogen and oxygen atoms in total. The van der Waals surface area contributed by atoms with Crippen LogP contribution in [0.5, 0.6) is 0 Å². The Kier molecular flexibility index (Phi) is 3.89. The Labute approximate surface area is 146 Å². The van der Waals surface area contributed by atoms with Crippen LogP contribution in [0.25, 0.3) is 22.4 Å². The minimum Gasteiger partial charge on any atom is -0.443 e. The van der Waals surface area contributed by atoms with E-state index in [1.54, 1.807) is 6.20 Å². The standard InChI is InChI=1S/C15H17N5O6/c1-15(23)11(22)9(4-21)26-14(15)20-3-7(8-2-16-6-25-8)10-12(19-24)17-5-18-13(10)20/h2-3,5-6,9,11,14,21-24H,4H2,1H3,(H,17,18,19)/t9?,11-,14?,15+/m1/s1. The summed E-state index contributed by atoms with van der Waals surface area (Å²) in [7, 11) is 0. The van der Waals surface area contributed by atoms with E-state index in [1.165, 1.54) is 30.4 Å². The van der Waals surface area contributed by atoms with Crippen molar-refractivity contribution in [3.8, 4) is 11.3 Å². The van der Waals surface area contributed by atoms with Crippen molar-refractivity contribution in [2.75, 3.05) is 12.1 Å². The maximum absolute atomic E-state index is 10.8. The van der Waals surface area contributed by atoms with Crippen LogP contribution in [0, 0.1) is 0 Å². The molecule has 0 bridgehead atoms. The molecule has 3 aromatic heterocycles. The Balaban J connectivity index is 1.95. The Morgan fingerprint density at radius 2 is 2.19 bits per heavy atom. The molecule has 0 radical (unpaired) electrons. The van der Waals surface area contributed by atoms with E-state index in [-0.39, 0.29) is 5.82 Å². The lowest BCUT2D eigenvalue weighted by Crippen LogP contribution is -2.44. The highest BCUT2D eigenvalue weighted by Gasteiger charge is 2.53. The molecule has 0 saturated carbocycles. The van der Waals surface area contributed by atoms with Crippen LogP contribution in [0.1, 0.15) is 13.2 Å². The monoisotopic (exact) mass is 363 g/mol. The number of aliphatic hydroxyl groups excluding tert-OH is 2. The zero-order valence-corrected chi connectivity index (χ0v) is 13.6. The molecule has 0 aliphatic carbocycles. The highest BCUT2D eigenvalue weighted by molar-refractivity contribution is 6.00. The average Bonchev–Trinajstić information content (AvgIpc) is 3.33. The lowest BCUT2D eigenvalue weighted by Gasteiger charge is -2.27. The molecule has 11 heteroatoms. The predicted octanol–water partition coefficient (Wildman–Crippen LogP) is -0.111. The summed E-state index contributed by atoms with van der Waals surface area (Å²) in [6.07, 6.45) is 2.24. The number of oxazole rings is 1. The van der Waals surface area contributed by atoms with Crippen molar-refractivity contribution < 1.29 is 29.7 Å². The summed E-state index contributed by atoms with van der Waals surface area (Å²) in [6.45, 7) is 0.949. The number of nitrogens with one attached hydrogen (secondary N) is 1. The summed E-state index contributed by atoms with van der Waals surface area (Å²) in [5.41, 5.74) is 1.12. The van der Waals surface area contributed by atoms with Crippen LogP contribution in [0.3, 0.4) is 0 Å². The molecule has 0 amide bonds. The molecule has 1 aliphatic rings. The van der Waals surface area contributed by atoms with Gasteiger partial charge in [-0.05, 0) is 6.92 Å². The van der Waals surface area contributed by atoms with Gasteiger partial charge < -0.3 is 29.0 Å². The van der Waals surface area contributed by atoms with Gasteiger partial charge in [0, 0.05) is 6.20 Å². The molecule has 4 atom stereocenters. The second-order valence-corrected chi connectivity index (χ2v) is 6.23. The van der Waals surface area contributed by atoms with Crippen molar-refractivity contribution >= 4 is 16.9 Å². The fraction of sp³-hybridized carbons (Fsp3) is 0.400. The Bertz CT molecular complexity index is 924. The molecule has 4 heterocycles. The molecule has 2 unspecified atom stereocenters. The summed E-state index contributed by atoms with van der Waals surface area (Å²) in [4.78, 5) is 12.1. The molecule has 4 rings (SSSR count). The minimum absolute atomic E-state index is 0.122. The second-order valence-electron chi connectivity index (χ2n) is 6.23.